The van der Waals surface area contributed by atoms with Crippen LogP contribution in [0.5, 0.6) is 11.5 Å². The number of nitrogens with zero attached hydrogens (tertiary/aromatic N) is 4. The summed E-state index contributed by atoms with van der Waals surface area (Å²) in [6.07, 6.45) is 2.37. The van der Waals surface area contributed by atoms with Gasteiger partial charge in [0.15, 0.2) is 11.4 Å². The third-order valence-corrected chi connectivity index (χ3v) is 6.09. The summed E-state index contributed by atoms with van der Waals surface area (Å²) in [6, 6.07) is 7.01. The molecule has 0 saturated carbocycles. The van der Waals surface area contributed by atoms with Crippen molar-refractivity contribution in [2.24, 2.45) is 0 Å². The smallest absolute Gasteiger partial charge is 0.407 e. The van der Waals surface area contributed by atoms with Crippen molar-refractivity contribution in [3.63, 3.8) is 0 Å². The van der Waals surface area contributed by atoms with Crippen LogP contribution in [0.3, 0.4) is 0 Å². The number of methoxy groups -OCH3 is 1. The first kappa shape index (κ1) is 21.0. The number of carboxylic acid groups (broad SMARTS) is 1. The molecule has 5 rings (SSSR count). The Balaban J connectivity index is 1.45. The summed E-state index contributed by atoms with van der Waals surface area (Å²) in [5, 5.41) is 17.2. The van der Waals surface area contributed by atoms with Crippen LogP contribution in [0.4, 0.5) is 4.79 Å². The molecular weight excluding hydrogens is 426 g/mol. The number of fused-ring (bicyclic) bond motifs is 2. The maximum absolute atomic E-state index is 13.1. The molecule has 1 amide bonds. The lowest BCUT2D eigenvalue weighted by Crippen LogP contribution is -2.53. The predicted molar refractivity (Wildman–Crippen MR) is 119 cm³/mol. The van der Waals surface area contributed by atoms with Crippen molar-refractivity contribution in [3.05, 3.63) is 53.0 Å². The van der Waals surface area contributed by atoms with Gasteiger partial charge in [0.2, 0.25) is 5.78 Å². The number of aromatic nitrogens is 3. The number of rotatable bonds is 4. The zero-order valence-corrected chi connectivity index (χ0v) is 18.2. The Morgan fingerprint density at radius 1 is 1.36 bits per heavy atom. The first-order chi connectivity index (χ1) is 16.0. The second kappa shape index (κ2) is 8.21. The summed E-state index contributed by atoms with van der Waals surface area (Å²) in [6.45, 7) is 3.92. The van der Waals surface area contributed by atoms with Crippen molar-refractivity contribution >= 4 is 29.0 Å². The van der Waals surface area contributed by atoms with Gasteiger partial charge in [0.25, 0.3) is 0 Å². The van der Waals surface area contributed by atoms with E-state index in [0.29, 0.717) is 54.6 Å². The van der Waals surface area contributed by atoms with Gasteiger partial charge >= 0.3 is 6.09 Å². The number of aromatic amines is 1. The highest BCUT2D eigenvalue weighted by Crippen LogP contribution is 2.41. The van der Waals surface area contributed by atoms with Gasteiger partial charge in [0, 0.05) is 49.9 Å². The third kappa shape index (κ3) is 3.68. The number of ketones is 1. The fraction of sp³-hybridized carbons (Fsp3) is 0.304. The van der Waals surface area contributed by atoms with E-state index in [1.165, 1.54) is 4.90 Å². The fourth-order valence-electron chi connectivity index (χ4n) is 4.42. The van der Waals surface area contributed by atoms with E-state index in [9.17, 15) is 14.7 Å². The number of hydrogen-bond donors (Lipinski definition) is 2. The second-order valence-corrected chi connectivity index (χ2v) is 8.13. The van der Waals surface area contributed by atoms with Gasteiger partial charge < -0.3 is 19.5 Å². The van der Waals surface area contributed by atoms with E-state index in [4.69, 9.17) is 9.47 Å². The van der Waals surface area contributed by atoms with Gasteiger partial charge in [0.05, 0.1) is 23.9 Å². The topological polar surface area (TPSA) is 121 Å². The van der Waals surface area contributed by atoms with Gasteiger partial charge in [-0.2, -0.15) is 5.10 Å². The van der Waals surface area contributed by atoms with Gasteiger partial charge in [-0.1, -0.05) is 0 Å². The number of hydrogen-bond acceptors (Lipinski definition) is 7. The lowest BCUT2D eigenvalue weighted by molar-refractivity contribution is 0.0705. The van der Waals surface area contributed by atoms with Crippen molar-refractivity contribution in [1.82, 2.24) is 25.0 Å². The number of carbonyl (C=O) groups excluding carboxylic acids is 1. The first-order valence-corrected chi connectivity index (χ1v) is 10.6. The maximum atomic E-state index is 13.1. The Morgan fingerprint density at radius 3 is 2.97 bits per heavy atom. The molecule has 2 aliphatic heterocycles. The molecule has 3 aromatic rings. The summed E-state index contributed by atoms with van der Waals surface area (Å²) in [7, 11) is 1.58. The van der Waals surface area contributed by atoms with E-state index >= 15 is 0 Å². The van der Waals surface area contributed by atoms with E-state index in [0.717, 1.165) is 10.9 Å². The van der Waals surface area contributed by atoms with Gasteiger partial charge in [-0.15, -0.1) is 0 Å². The molecular formula is C23H23N5O5. The quantitative estimate of drug-likeness (QED) is 0.584. The van der Waals surface area contributed by atoms with Crippen LogP contribution in [0.25, 0.3) is 17.1 Å². The third-order valence-electron chi connectivity index (χ3n) is 6.09. The Hall–Kier alpha value is -3.92. The maximum Gasteiger partial charge on any atom is 0.407 e. The molecule has 1 aromatic carbocycles. The molecule has 1 atom stereocenters. The van der Waals surface area contributed by atoms with E-state index in [-0.39, 0.29) is 17.6 Å². The predicted octanol–water partition coefficient (Wildman–Crippen LogP) is 2.77. The minimum Gasteiger partial charge on any atom is -0.496 e. The van der Waals surface area contributed by atoms with Crippen LogP contribution in [0.2, 0.25) is 0 Å². The number of allylic oxidation sites excluding steroid dienone is 1. The number of benzene rings is 1. The van der Waals surface area contributed by atoms with Crippen LogP contribution >= 0.6 is 0 Å². The number of carbonyl (C=O) groups is 2. The lowest BCUT2D eigenvalue weighted by atomic mass is 10.0. The van der Waals surface area contributed by atoms with Crippen molar-refractivity contribution in [2.75, 3.05) is 26.7 Å². The summed E-state index contributed by atoms with van der Waals surface area (Å²) in [5.74, 6) is 1.04. The zero-order valence-electron chi connectivity index (χ0n) is 18.2. The molecule has 0 radical (unpaired) electrons. The number of Topliss-reactive ketones (excluding diaryl/α,β-unsaturated/α-hetero) is 1. The van der Waals surface area contributed by atoms with Crippen LogP contribution in [-0.2, 0) is 6.54 Å². The van der Waals surface area contributed by atoms with Crippen molar-refractivity contribution in [1.29, 1.82) is 0 Å². The van der Waals surface area contributed by atoms with Crippen LogP contribution in [0, 0.1) is 0 Å². The second-order valence-electron chi connectivity index (χ2n) is 8.13. The Labute approximate surface area is 189 Å². The molecule has 10 heteroatoms. The highest BCUT2D eigenvalue weighted by atomic mass is 16.5. The van der Waals surface area contributed by atoms with Gasteiger partial charge in [-0.25, -0.2) is 9.78 Å². The normalized spacial score (nSPS) is 19.7. The molecule has 33 heavy (non-hydrogen) atoms. The monoisotopic (exact) mass is 449 g/mol. The number of pyridine rings is 1. The summed E-state index contributed by atoms with van der Waals surface area (Å²) in [4.78, 5) is 32.3. The van der Waals surface area contributed by atoms with Gasteiger partial charge in [0.1, 0.15) is 11.5 Å². The van der Waals surface area contributed by atoms with E-state index < -0.39 is 6.09 Å². The zero-order chi connectivity index (χ0) is 23.1. The van der Waals surface area contributed by atoms with Crippen LogP contribution in [-0.4, -0.2) is 74.8 Å². The fourth-order valence-corrected chi connectivity index (χ4v) is 4.42. The SMILES string of the molecule is COc1ccc2c(c1CN1CCN(C(=O)O)[C@@H](C)C1)OC(=Cc1n[nH]c3ncccc13)C2=O. The van der Waals surface area contributed by atoms with E-state index in [1.807, 2.05) is 13.0 Å². The minimum absolute atomic E-state index is 0.140. The van der Waals surface area contributed by atoms with Gasteiger partial charge in [-0.3, -0.25) is 14.8 Å². The highest BCUT2D eigenvalue weighted by molar-refractivity contribution is 6.15. The summed E-state index contributed by atoms with van der Waals surface area (Å²) >= 11 is 0. The largest absolute Gasteiger partial charge is 0.496 e. The van der Waals surface area contributed by atoms with E-state index in [2.05, 4.69) is 20.1 Å². The molecule has 170 valence electrons. The van der Waals surface area contributed by atoms with E-state index in [1.54, 1.807) is 37.6 Å². The molecule has 0 aliphatic carbocycles. The highest BCUT2D eigenvalue weighted by Gasteiger charge is 2.34. The average molecular weight is 449 g/mol. The number of ether oxygens (including phenoxy) is 2. The van der Waals surface area contributed by atoms with Gasteiger partial charge in [-0.05, 0) is 31.2 Å². The van der Waals surface area contributed by atoms with Crippen molar-refractivity contribution < 1.29 is 24.2 Å². The van der Waals surface area contributed by atoms with Crippen LogP contribution in [0.1, 0.15) is 28.5 Å². The number of H-pyrrole nitrogens is 1. The van der Waals surface area contributed by atoms with Crippen molar-refractivity contribution in [2.45, 2.75) is 19.5 Å². The van der Waals surface area contributed by atoms with Crippen LogP contribution < -0.4 is 9.47 Å². The van der Waals surface area contributed by atoms with Crippen molar-refractivity contribution in [3.8, 4) is 11.5 Å². The molecule has 0 spiro atoms. The molecule has 0 unspecified atom stereocenters. The molecule has 2 N–H and O–H groups in total. The molecule has 1 saturated heterocycles. The Morgan fingerprint density at radius 2 is 2.21 bits per heavy atom. The lowest BCUT2D eigenvalue weighted by Gasteiger charge is -2.38. The summed E-state index contributed by atoms with van der Waals surface area (Å²) < 4.78 is 11.6. The molecule has 10 nitrogen and oxygen atoms in total. The Kier molecular flexibility index (Phi) is 5.21. The first-order valence-electron chi connectivity index (χ1n) is 10.6. The van der Waals surface area contributed by atoms with Crippen LogP contribution in [0.15, 0.2) is 36.2 Å². The summed E-state index contributed by atoms with van der Waals surface area (Å²) in [5.41, 5.74) is 2.43. The number of piperazine rings is 1. The average Bonchev–Trinajstić information content (AvgIpc) is 3.35. The molecule has 4 heterocycles. The minimum atomic E-state index is -0.912. The number of nitrogens with one attached hydrogen (secondary N) is 1. The Bertz CT molecular complexity index is 1280. The molecule has 0 bridgehead atoms. The standard InChI is InChI=1S/C23H23N5O5/c1-13-11-27(8-9-28(13)23(30)31)12-16-18(32-2)6-5-15-20(29)19(33-21(15)16)10-17-14-4-3-7-24-22(14)26-25-17/h3-7,10,13H,8-9,11-12H2,1-2H3,(H,30,31)(H,24,25,26)/t13-/m0/s1. The molecule has 2 aromatic heterocycles. The molecule has 1 fully saturated rings. The number of amides is 1. The molecule has 2 aliphatic rings.